The third-order valence-corrected chi connectivity index (χ3v) is 4.59. The number of carbonyl (C=O) groups excluding carboxylic acids is 2. The van der Waals surface area contributed by atoms with Gasteiger partial charge in [0.05, 0.1) is 30.5 Å². The molecule has 148 valence electrons. The van der Waals surface area contributed by atoms with Gasteiger partial charge in [-0.05, 0) is 31.0 Å². The average Bonchev–Trinajstić information content (AvgIpc) is 3.23. The number of urea groups is 1. The van der Waals surface area contributed by atoms with E-state index in [1.165, 1.54) is 0 Å². The molecule has 3 rings (SSSR count). The van der Waals surface area contributed by atoms with E-state index in [2.05, 4.69) is 16.0 Å². The molecule has 0 aliphatic carbocycles. The molecule has 0 bridgehead atoms. The Bertz CT molecular complexity index is 831. The van der Waals surface area contributed by atoms with Gasteiger partial charge in [0.15, 0.2) is 0 Å². The van der Waals surface area contributed by atoms with Crippen LogP contribution in [0, 0.1) is 0 Å². The molecule has 2 atom stereocenters. The summed E-state index contributed by atoms with van der Waals surface area (Å²) < 4.78 is 10.8. The minimum absolute atomic E-state index is 0.223. The highest BCUT2D eigenvalue weighted by molar-refractivity contribution is 5.94. The van der Waals surface area contributed by atoms with Gasteiger partial charge < -0.3 is 19.8 Å². The summed E-state index contributed by atoms with van der Waals surface area (Å²) in [6.07, 6.45) is 2.21. The molecule has 0 saturated carbocycles. The van der Waals surface area contributed by atoms with Crippen LogP contribution in [0.3, 0.4) is 0 Å². The molecular weight excluding hydrogens is 358 g/mol. The van der Waals surface area contributed by atoms with Crippen LogP contribution in [0.4, 0.5) is 4.79 Å². The summed E-state index contributed by atoms with van der Waals surface area (Å²) in [7, 11) is 0. The summed E-state index contributed by atoms with van der Waals surface area (Å²) in [5.41, 5.74) is 1.98. The van der Waals surface area contributed by atoms with Crippen LogP contribution >= 0.6 is 0 Å². The average molecular weight is 383 g/mol. The zero-order valence-electron chi connectivity index (χ0n) is 16.0. The fourth-order valence-electron chi connectivity index (χ4n) is 3.29. The van der Waals surface area contributed by atoms with Crippen molar-refractivity contribution in [3.05, 3.63) is 71.3 Å². The Morgan fingerprint density at radius 3 is 2.64 bits per heavy atom. The van der Waals surface area contributed by atoms with Crippen LogP contribution in [0.15, 0.2) is 64.4 Å². The van der Waals surface area contributed by atoms with Gasteiger partial charge in [-0.3, -0.25) is 5.32 Å². The fourth-order valence-corrected chi connectivity index (χ4v) is 3.29. The van der Waals surface area contributed by atoms with Gasteiger partial charge in [-0.25, -0.2) is 9.59 Å². The molecule has 0 spiro atoms. The zero-order valence-corrected chi connectivity index (χ0v) is 16.0. The molecule has 0 radical (unpaired) electrons. The monoisotopic (exact) mass is 383 g/mol. The Balaban J connectivity index is 1.89. The van der Waals surface area contributed by atoms with E-state index in [4.69, 9.17) is 9.15 Å². The van der Waals surface area contributed by atoms with Crippen molar-refractivity contribution in [2.75, 3.05) is 13.2 Å². The van der Waals surface area contributed by atoms with E-state index >= 15 is 0 Å². The third kappa shape index (κ3) is 4.43. The van der Waals surface area contributed by atoms with E-state index in [9.17, 15) is 9.59 Å². The van der Waals surface area contributed by atoms with E-state index in [1.807, 2.05) is 49.4 Å². The van der Waals surface area contributed by atoms with Crippen LogP contribution in [0.1, 0.15) is 37.6 Å². The number of rotatable bonds is 8. The number of hydrogen-bond acceptors (Lipinski definition) is 5. The van der Waals surface area contributed by atoms with Gasteiger partial charge in [0.25, 0.3) is 0 Å². The van der Waals surface area contributed by atoms with Gasteiger partial charge in [0.1, 0.15) is 5.76 Å². The first-order chi connectivity index (χ1) is 13.6. The normalized spacial score (nSPS) is 17.6. The molecule has 2 amide bonds. The third-order valence-electron chi connectivity index (χ3n) is 4.59. The highest BCUT2D eigenvalue weighted by atomic mass is 16.5. The zero-order chi connectivity index (χ0) is 19.9. The van der Waals surface area contributed by atoms with E-state index in [0.29, 0.717) is 17.7 Å². The van der Waals surface area contributed by atoms with E-state index < -0.39 is 5.97 Å². The summed E-state index contributed by atoms with van der Waals surface area (Å²) in [6.45, 7) is 4.22. The first-order valence-electron chi connectivity index (χ1n) is 9.43. The summed E-state index contributed by atoms with van der Waals surface area (Å²) in [5.74, 6) is 0.324. The maximum atomic E-state index is 12.5. The molecule has 1 aromatic carbocycles. The second-order valence-electron chi connectivity index (χ2n) is 6.41. The second-order valence-corrected chi connectivity index (χ2v) is 6.41. The van der Waals surface area contributed by atoms with Gasteiger partial charge in [0, 0.05) is 12.2 Å². The Labute approximate surface area is 164 Å². The van der Waals surface area contributed by atoms with Crippen molar-refractivity contribution in [1.82, 2.24) is 16.0 Å². The smallest absolute Gasteiger partial charge is 0.337 e. The van der Waals surface area contributed by atoms with Crippen LogP contribution in [0.25, 0.3) is 0 Å². The number of hydrogen-bond donors (Lipinski definition) is 3. The molecule has 28 heavy (non-hydrogen) atoms. The molecule has 0 saturated heterocycles. The first-order valence-corrected chi connectivity index (χ1v) is 9.43. The van der Waals surface area contributed by atoms with Gasteiger partial charge in [-0.15, -0.1) is 0 Å². The minimum Gasteiger partial charge on any atom is -0.467 e. The molecular formula is C21H25N3O4. The van der Waals surface area contributed by atoms with Crippen LogP contribution in [-0.4, -0.2) is 31.2 Å². The van der Waals surface area contributed by atoms with E-state index in [1.54, 1.807) is 13.2 Å². The van der Waals surface area contributed by atoms with Crippen molar-refractivity contribution in [2.24, 2.45) is 0 Å². The van der Waals surface area contributed by atoms with Crippen LogP contribution in [0.5, 0.6) is 0 Å². The Kier molecular flexibility index (Phi) is 6.49. The van der Waals surface area contributed by atoms with Crippen molar-refractivity contribution >= 4 is 12.0 Å². The number of amides is 2. The van der Waals surface area contributed by atoms with Gasteiger partial charge in [0.2, 0.25) is 0 Å². The summed E-state index contributed by atoms with van der Waals surface area (Å²) >= 11 is 0. The number of carbonyl (C=O) groups is 2. The maximum Gasteiger partial charge on any atom is 0.337 e. The molecule has 3 N–H and O–H groups in total. The van der Waals surface area contributed by atoms with Crippen molar-refractivity contribution in [1.29, 1.82) is 0 Å². The summed E-state index contributed by atoms with van der Waals surface area (Å²) in [5, 5.41) is 8.93. The maximum absolute atomic E-state index is 12.5. The molecule has 1 aliphatic rings. The Morgan fingerprint density at radius 2 is 2.00 bits per heavy atom. The molecule has 0 unspecified atom stereocenters. The van der Waals surface area contributed by atoms with E-state index in [-0.39, 0.29) is 31.3 Å². The number of esters is 1. The van der Waals surface area contributed by atoms with Gasteiger partial charge in [-0.2, -0.15) is 0 Å². The number of ether oxygens (including phenoxy) is 1. The summed E-state index contributed by atoms with van der Waals surface area (Å²) in [6, 6.07) is 12.6. The minimum atomic E-state index is -0.423. The predicted octanol–water partition coefficient (Wildman–Crippen LogP) is 2.87. The first kappa shape index (κ1) is 19.7. The lowest BCUT2D eigenvalue weighted by atomic mass is 9.99. The van der Waals surface area contributed by atoms with Crippen LogP contribution in [0.2, 0.25) is 0 Å². The highest BCUT2D eigenvalue weighted by Crippen LogP contribution is 2.23. The second kappa shape index (κ2) is 9.23. The largest absolute Gasteiger partial charge is 0.467 e. The van der Waals surface area contributed by atoms with Crippen molar-refractivity contribution in [2.45, 2.75) is 32.4 Å². The lowest BCUT2D eigenvalue weighted by Crippen LogP contribution is -2.52. The van der Waals surface area contributed by atoms with Crippen molar-refractivity contribution in [3.8, 4) is 0 Å². The van der Waals surface area contributed by atoms with Crippen LogP contribution < -0.4 is 16.0 Å². The van der Waals surface area contributed by atoms with Gasteiger partial charge >= 0.3 is 12.0 Å². The number of nitrogens with one attached hydrogen (secondary N) is 3. The quantitative estimate of drug-likeness (QED) is 0.610. The lowest BCUT2D eigenvalue weighted by molar-refractivity contribution is -0.139. The highest BCUT2D eigenvalue weighted by Gasteiger charge is 2.31. The fraction of sp³-hybridized carbons (Fsp3) is 0.333. The van der Waals surface area contributed by atoms with E-state index in [0.717, 1.165) is 11.3 Å². The molecule has 2 heterocycles. The molecule has 0 fully saturated rings. The molecule has 1 aliphatic heterocycles. The standard InChI is InChI=1S/C21H25N3O4/c1-3-15-18(20(25)27-4-2)16(24-21(26)23-15)13-22-19(17-11-8-12-28-17)14-9-6-5-7-10-14/h5-12,15,19,22H,3-4,13H2,1-2H3,(H2,23,24,26)/t15-,19+/m0/s1. The van der Waals surface area contributed by atoms with Crippen LogP contribution in [-0.2, 0) is 9.53 Å². The Hall–Kier alpha value is -3.06. The van der Waals surface area contributed by atoms with Crippen molar-refractivity contribution < 1.29 is 18.7 Å². The molecule has 7 heteroatoms. The topological polar surface area (TPSA) is 92.6 Å². The lowest BCUT2D eigenvalue weighted by Gasteiger charge is -2.29. The molecule has 2 aromatic rings. The number of benzene rings is 1. The van der Waals surface area contributed by atoms with Crippen molar-refractivity contribution in [3.63, 3.8) is 0 Å². The number of furan rings is 1. The van der Waals surface area contributed by atoms with Gasteiger partial charge in [-0.1, -0.05) is 37.3 Å². The predicted molar refractivity (Wildman–Crippen MR) is 104 cm³/mol. The Morgan fingerprint density at radius 1 is 1.21 bits per heavy atom. The SMILES string of the molecule is CCOC(=O)C1=C(CN[C@H](c2ccccc2)c2ccco2)NC(=O)N[C@H]1CC. The molecule has 7 nitrogen and oxygen atoms in total. The molecule has 1 aromatic heterocycles. The summed E-state index contributed by atoms with van der Waals surface area (Å²) in [4.78, 5) is 24.6.